The number of anilines is 1. The Hall–Kier alpha value is -6.46. The van der Waals surface area contributed by atoms with Gasteiger partial charge in [0.05, 0.1) is 28.5 Å². The van der Waals surface area contributed by atoms with E-state index in [1.807, 2.05) is 30.5 Å². The molecule has 3 heterocycles. The van der Waals surface area contributed by atoms with Crippen LogP contribution in [-0.2, 0) is 12.8 Å². The summed E-state index contributed by atoms with van der Waals surface area (Å²) >= 11 is 0. The second-order valence-corrected chi connectivity index (χ2v) is 13.0. The molecule has 0 saturated carbocycles. The molecule has 0 bridgehead atoms. The van der Waals surface area contributed by atoms with Gasteiger partial charge >= 0.3 is 0 Å². The van der Waals surface area contributed by atoms with E-state index < -0.39 is 0 Å². The number of nitrogens with zero attached hydrogens (tertiary/aromatic N) is 4. The van der Waals surface area contributed by atoms with Gasteiger partial charge in [0.2, 0.25) is 0 Å². The van der Waals surface area contributed by atoms with Crippen LogP contribution in [0.25, 0.3) is 84.3 Å². The van der Waals surface area contributed by atoms with Crippen LogP contribution in [0.2, 0.25) is 0 Å². The van der Waals surface area contributed by atoms with Gasteiger partial charge in [-0.3, -0.25) is 0 Å². The van der Waals surface area contributed by atoms with Crippen molar-refractivity contribution in [3.63, 3.8) is 0 Å². The topological polar surface area (TPSA) is 63.6 Å². The number of rotatable bonds is 5. The third-order valence-electron chi connectivity index (χ3n) is 10.0. The number of hydrogen-bond donors (Lipinski definition) is 1. The van der Waals surface area contributed by atoms with Crippen molar-refractivity contribution in [1.29, 1.82) is 0 Å². The first-order valence-electron chi connectivity index (χ1n) is 17.2. The van der Waals surface area contributed by atoms with E-state index in [9.17, 15) is 0 Å². The molecule has 5 heteroatoms. The summed E-state index contributed by atoms with van der Waals surface area (Å²) in [6, 6.07) is 46.6. The first-order valence-corrected chi connectivity index (χ1v) is 17.2. The molecule has 1 aliphatic carbocycles. The maximum atomic E-state index is 5.31. The highest BCUT2D eigenvalue weighted by Gasteiger charge is 2.21. The quantitative estimate of drug-likeness (QED) is 0.203. The summed E-state index contributed by atoms with van der Waals surface area (Å²) in [5, 5.41) is 8.42. The minimum Gasteiger partial charge on any atom is -0.361 e. The fourth-order valence-corrected chi connectivity index (χ4v) is 7.65. The Labute approximate surface area is 290 Å². The van der Waals surface area contributed by atoms with E-state index in [2.05, 4.69) is 121 Å². The Morgan fingerprint density at radius 2 is 1.10 bits per heavy atom. The molecule has 0 unspecified atom stereocenters. The van der Waals surface area contributed by atoms with Crippen molar-refractivity contribution in [2.75, 3.05) is 5.32 Å². The third-order valence-corrected chi connectivity index (χ3v) is 10.0. The molecule has 236 valence electrons. The van der Waals surface area contributed by atoms with Crippen molar-refractivity contribution >= 4 is 33.3 Å². The minimum absolute atomic E-state index is 0.638. The molecule has 0 saturated heterocycles. The Balaban J connectivity index is 1.22. The van der Waals surface area contributed by atoms with Crippen LogP contribution in [0.5, 0.6) is 0 Å². The van der Waals surface area contributed by atoms with Crippen molar-refractivity contribution in [3.8, 4) is 56.7 Å². The zero-order valence-electron chi connectivity index (χ0n) is 27.3. The first kappa shape index (κ1) is 28.5. The van der Waals surface area contributed by atoms with Crippen LogP contribution in [0, 0.1) is 0 Å². The summed E-state index contributed by atoms with van der Waals surface area (Å²) in [5.41, 5.74) is 12.2. The fourth-order valence-electron chi connectivity index (χ4n) is 7.65. The molecule has 5 nitrogen and oxygen atoms in total. The molecular weight excluding hydrogens is 611 g/mol. The van der Waals surface area contributed by atoms with Gasteiger partial charge in [-0.2, -0.15) is 0 Å². The summed E-state index contributed by atoms with van der Waals surface area (Å²) in [6.07, 6.45) is 7.48. The largest absolute Gasteiger partial charge is 0.361 e. The second kappa shape index (κ2) is 11.6. The molecule has 0 radical (unpaired) electrons. The van der Waals surface area contributed by atoms with Crippen LogP contribution in [0.4, 0.5) is 5.69 Å². The molecule has 0 fully saturated rings. The van der Waals surface area contributed by atoms with Crippen molar-refractivity contribution in [2.24, 2.45) is 0 Å². The van der Waals surface area contributed by atoms with Gasteiger partial charge in [0.1, 0.15) is 0 Å². The normalized spacial score (nSPS) is 13.0. The Morgan fingerprint density at radius 1 is 0.480 bits per heavy atom. The van der Waals surface area contributed by atoms with Crippen LogP contribution < -0.4 is 5.32 Å². The van der Waals surface area contributed by atoms with Gasteiger partial charge in [-0.15, -0.1) is 0 Å². The number of benzene rings is 6. The van der Waals surface area contributed by atoms with Crippen LogP contribution >= 0.6 is 0 Å². The summed E-state index contributed by atoms with van der Waals surface area (Å²) in [5.74, 6) is 1.33. The molecule has 0 atom stereocenters. The maximum absolute atomic E-state index is 5.31. The molecule has 10 rings (SSSR count). The van der Waals surface area contributed by atoms with E-state index in [0.717, 1.165) is 63.6 Å². The number of aryl methyl sites for hydroxylation is 2. The third kappa shape index (κ3) is 4.78. The maximum Gasteiger partial charge on any atom is 0.162 e. The van der Waals surface area contributed by atoms with Crippen LogP contribution in [-0.4, -0.2) is 19.9 Å². The summed E-state index contributed by atoms with van der Waals surface area (Å²) in [7, 11) is 0. The molecule has 0 spiro atoms. The molecule has 0 amide bonds. The van der Waals surface area contributed by atoms with Gasteiger partial charge in [0, 0.05) is 33.8 Å². The first-order chi connectivity index (χ1) is 24.8. The van der Waals surface area contributed by atoms with Crippen LogP contribution in [0.3, 0.4) is 0 Å². The Bertz CT molecular complexity index is 2630. The number of aromatic nitrogens is 4. The van der Waals surface area contributed by atoms with Crippen molar-refractivity contribution in [3.05, 3.63) is 156 Å². The molecule has 2 aromatic heterocycles. The zero-order valence-corrected chi connectivity index (χ0v) is 27.3. The lowest BCUT2D eigenvalue weighted by Crippen LogP contribution is -2.04. The van der Waals surface area contributed by atoms with Crippen LogP contribution in [0.15, 0.2) is 140 Å². The second-order valence-electron chi connectivity index (χ2n) is 13.0. The van der Waals surface area contributed by atoms with E-state index in [1.54, 1.807) is 0 Å². The molecule has 1 N–H and O–H groups in total. The van der Waals surface area contributed by atoms with Crippen molar-refractivity contribution < 1.29 is 0 Å². The van der Waals surface area contributed by atoms with Crippen molar-refractivity contribution in [2.45, 2.75) is 19.3 Å². The summed E-state index contributed by atoms with van der Waals surface area (Å²) in [4.78, 5) is 21.0. The highest BCUT2D eigenvalue weighted by molar-refractivity contribution is 6.07. The average molecular weight is 642 g/mol. The molecular formula is C45H31N5. The minimum atomic E-state index is 0.638. The Kier molecular flexibility index (Phi) is 6.62. The summed E-state index contributed by atoms with van der Waals surface area (Å²) < 4.78 is 0. The number of hydrogen-bond acceptors (Lipinski definition) is 5. The monoisotopic (exact) mass is 641 g/mol. The van der Waals surface area contributed by atoms with E-state index >= 15 is 0 Å². The fraction of sp³-hybridized carbons (Fsp3) is 0.0667. The van der Waals surface area contributed by atoms with Gasteiger partial charge < -0.3 is 5.32 Å². The Morgan fingerprint density at radius 3 is 1.82 bits per heavy atom. The molecule has 1 aliphatic heterocycles. The van der Waals surface area contributed by atoms with E-state index in [0.29, 0.717) is 11.6 Å². The van der Waals surface area contributed by atoms with Gasteiger partial charge in [-0.05, 0) is 76.4 Å². The number of nitrogens with one attached hydrogen (secondary N) is 1. The highest BCUT2D eigenvalue weighted by atomic mass is 15.0. The van der Waals surface area contributed by atoms with Gasteiger partial charge in [-0.1, -0.05) is 115 Å². The molecule has 50 heavy (non-hydrogen) atoms. The molecule has 6 aromatic carbocycles. The van der Waals surface area contributed by atoms with E-state index in [1.165, 1.54) is 44.7 Å². The lowest BCUT2D eigenvalue weighted by Gasteiger charge is -2.19. The molecule has 8 aromatic rings. The lowest BCUT2D eigenvalue weighted by atomic mass is 9.86. The zero-order chi connectivity index (χ0) is 33.0. The van der Waals surface area contributed by atoms with E-state index in [4.69, 9.17) is 19.9 Å². The van der Waals surface area contributed by atoms with Crippen LogP contribution in [0.1, 0.15) is 23.1 Å². The lowest BCUT2D eigenvalue weighted by molar-refractivity contribution is 0.808. The summed E-state index contributed by atoms with van der Waals surface area (Å²) in [6.45, 7) is 0. The SMILES string of the molecule is C1=Cc2cccc3ccc(-c4nc(-c5ccccc5)cc(-c5cc(-c6ccccc6)nc(-c6ccc7c8c(cccc68)CCC7)n5)n4)c(c23)N1. The average Bonchev–Trinajstić information content (AvgIpc) is 3.19. The van der Waals surface area contributed by atoms with Gasteiger partial charge in [0.15, 0.2) is 11.6 Å². The standard InChI is InChI=1S/C45H31N5/c1-3-10-28(11-4-1)37-26-39(49-44(47-37)35-22-20-31-15-7-14-30-18-9-19-34(35)41(30)31)40-27-38(29-12-5-2-6-13-29)48-45(50-40)36-23-21-32-16-8-17-33-24-25-46-43(36)42(32)33/h1-6,8-13,16-27,46H,7,14-15H2. The van der Waals surface area contributed by atoms with Crippen molar-refractivity contribution in [1.82, 2.24) is 19.9 Å². The van der Waals surface area contributed by atoms with E-state index in [-0.39, 0.29) is 0 Å². The predicted molar refractivity (Wildman–Crippen MR) is 204 cm³/mol. The van der Waals surface area contributed by atoms with Gasteiger partial charge in [-0.25, -0.2) is 19.9 Å². The van der Waals surface area contributed by atoms with Gasteiger partial charge in [0.25, 0.3) is 0 Å². The predicted octanol–water partition coefficient (Wildman–Crippen LogP) is 10.8. The molecule has 2 aliphatic rings. The highest BCUT2D eigenvalue weighted by Crippen LogP contribution is 2.40. The smallest absolute Gasteiger partial charge is 0.162 e.